The summed E-state index contributed by atoms with van der Waals surface area (Å²) in [5, 5.41) is 13.0. The average molecular weight is 809 g/mol. The van der Waals surface area contributed by atoms with Crippen molar-refractivity contribution >= 4 is 11.9 Å². The van der Waals surface area contributed by atoms with Crippen LogP contribution in [0.3, 0.4) is 0 Å². The maximum atomic E-state index is 13.7. The van der Waals surface area contributed by atoms with Gasteiger partial charge in [-0.25, -0.2) is 9.59 Å². The monoisotopic (exact) mass is 808 g/mol. The number of hydrogen-bond donors (Lipinski definition) is 1. The lowest BCUT2D eigenvalue weighted by molar-refractivity contribution is 0.00563. The molecule has 9 heteroatoms. The van der Waals surface area contributed by atoms with Gasteiger partial charge in [0, 0.05) is 0 Å². The highest BCUT2D eigenvalue weighted by atomic mass is 16.6. The van der Waals surface area contributed by atoms with E-state index in [-0.39, 0.29) is 71.7 Å². The van der Waals surface area contributed by atoms with Gasteiger partial charge >= 0.3 is 11.9 Å². The zero-order valence-corrected chi connectivity index (χ0v) is 35.0. The van der Waals surface area contributed by atoms with Gasteiger partial charge in [-0.2, -0.15) is 0 Å². The summed E-state index contributed by atoms with van der Waals surface area (Å²) in [4.78, 5) is 27.5. The highest BCUT2D eigenvalue weighted by molar-refractivity contribution is 5.92. The minimum atomic E-state index is -1.56. The van der Waals surface area contributed by atoms with E-state index in [1.54, 1.807) is 65.8 Å². The fraction of sp³-hybridized carbons (Fsp3) is 0.255. The molecule has 0 atom stereocenters. The van der Waals surface area contributed by atoms with Crippen molar-refractivity contribution in [1.29, 1.82) is 0 Å². The van der Waals surface area contributed by atoms with Crippen molar-refractivity contribution in [3.63, 3.8) is 0 Å². The number of carbonyl (C=O) groups is 2. The molecule has 0 unspecified atom stereocenters. The molecule has 6 aromatic carbocycles. The largest absolute Gasteiger partial charge is 0.488 e. The SMILES string of the molecule is CC(C)(C)OC(=O)c1cc(OCc2ccccc2)c(C(O)c2c(OCc3ccccc3)cc(C(=O)OC(C)(C)C)cc2OCc2ccccc2)c(OCc2ccccc2)c1. The Morgan fingerprint density at radius 3 is 0.883 bits per heavy atom. The second-order valence-electron chi connectivity index (χ2n) is 16.3. The molecule has 0 aromatic heterocycles. The van der Waals surface area contributed by atoms with Gasteiger partial charge in [0.15, 0.2) is 0 Å². The van der Waals surface area contributed by atoms with Gasteiger partial charge in [-0.15, -0.1) is 0 Å². The van der Waals surface area contributed by atoms with Crippen LogP contribution in [0.15, 0.2) is 146 Å². The minimum absolute atomic E-state index is 0.1000. The van der Waals surface area contributed by atoms with Crippen LogP contribution >= 0.6 is 0 Å². The van der Waals surface area contributed by atoms with E-state index in [4.69, 9.17) is 28.4 Å². The van der Waals surface area contributed by atoms with E-state index in [1.807, 2.05) is 121 Å². The molecule has 0 bridgehead atoms. The first kappa shape index (κ1) is 43.0. The van der Waals surface area contributed by atoms with E-state index in [1.165, 1.54) is 0 Å². The van der Waals surface area contributed by atoms with Crippen LogP contribution in [0.5, 0.6) is 23.0 Å². The molecule has 0 saturated heterocycles. The predicted molar refractivity (Wildman–Crippen MR) is 230 cm³/mol. The maximum absolute atomic E-state index is 13.7. The third kappa shape index (κ3) is 12.2. The Morgan fingerprint density at radius 2 is 0.667 bits per heavy atom. The fourth-order valence-corrected chi connectivity index (χ4v) is 6.21. The standard InChI is InChI=1S/C51H52O9/c1-50(2,3)59-48(53)39-27-41(55-31-35-19-11-7-12-20-35)45(42(28-39)56-32-36-21-13-8-14-22-36)47(52)46-43(57-33-37-23-15-9-16-24-37)29-40(49(54)60-51(4,5)6)30-44(46)58-34-38-25-17-10-18-26-38/h7-30,47,52H,31-34H2,1-6H3. The summed E-state index contributed by atoms with van der Waals surface area (Å²) in [6, 6.07) is 44.4. The zero-order valence-electron chi connectivity index (χ0n) is 35.0. The zero-order chi connectivity index (χ0) is 42.7. The van der Waals surface area contributed by atoms with Gasteiger partial charge in [-0.1, -0.05) is 121 Å². The van der Waals surface area contributed by atoms with E-state index in [9.17, 15) is 14.7 Å². The Balaban J connectivity index is 1.56. The molecule has 0 amide bonds. The van der Waals surface area contributed by atoms with Gasteiger partial charge in [0.2, 0.25) is 0 Å². The average Bonchev–Trinajstić information content (AvgIpc) is 3.23. The number of aliphatic hydroxyl groups excluding tert-OH is 1. The van der Waals surface area contributed by atoms with Crippen molar-refractivity contribution < 1.29 is 43.1 Å². The molecular weight excluding hydrogens is 757 g/mol. The van der Waals surface area contributed by atoms with E-state index >= 15 is 0 Å². The van der Waals surface area contributed by atoms with E-state index in [0.717, 1.165) is 22.3 Å². The lowest BCUT2D eigenvalue weighted by atomic mass is 9.94. The molecule has 1 N–H and O–H groups in total. The van der Waals surface area contributed by atoms with Gasteiger partial charge in [-0.3, -0.25) is 0 Å². The molecule has 6 rings (SSSR count). The molecule has 0 aliphatic rings. The molecule has 6 aromatic rings. The van der Waals surface area contributed by atoms with E-state index in [0.29, 0.717) is 0 Å². The summed E-state index contributed by atoms with van der Waals surface area (Å²) in [6.07, 6.45) is -1.56. The van der Waals surface area contributed by atoms with Crippen LogP contribution < -0.4 is 18.9 Å². The molecule has 0 radical (unpaired) electrons. The summed E-state index contributed by atoms with van der Waals surface area (Å²) in [7, 11) is 0. The molecule has 9 nitrogen and oxygen atoms in total. The summed E-state index contributed by atoms with van der Waals surface area (Å²) in [5.74, 6) is -0.542. The number of benzene rings is 6. The third-order valence-electron chi connectivity index (χ3n) is 8.97. The van der Waals surface area contributed by atoms with Crippen molar-refractivity contribution in [3.05, 3.63) is 190 Å². The molecular formula is C51H52O9. The van der Waals surface area contributed by atoms with Crippen LogP contribution in [0.1, 0.15) is 102 Å². The lowest BCUT2D eigenvalue weighted by Crippen LogP contribution is -2.24. The Bertz CT molecular complexity index is 2030. The van der Waals surface area contributed by atoms with Crippen LogP contribution in [0.25, 0.3) is 0 Å². The topological polar surface area (TPSA) is 110 Å². The predicted octanol–water partition coefficient (Wildman–Crippen LogP) is 11.0. The third-order valence-corrected chi connectivity index (χ3v) is 8.97. The normalized spacial score (nSPS) is 11.5. The van der Waals surface area contributed by atoms with Crippen molar-refractivity contribution in [2.75, 3.05) is 0 Å². The second-order valence-corrected chi connectivity index (χ2v) is 16.3. The molecule has 0 saturated carbocycles. The van der Waals surface area contributed by atoms with Gasteiger partial charge in [-0.05, 0) is 88.1 Å². The van der Waals surface area contributed by atoms with E-state index < -0.39 is 29.2 Å². The molecule has 0 heterocycles. The van der Waals surface area contributed by atoms with Crippen LogP contribution in [0.4, 0.5) is 0 Å². The van der Waals surface area contributed by atoms with Crippen LogP contribution in [0.2, 0.25) is 0 Å². The van der Waals surface area contributed by atoms with Crippen molar-refractivity contribution in [2.45, 2.75) is 85.3 Å². The first-order valence-corrected chi connectivity index (χ1v) is 19.9. The number of aliphatic hydroxyl groups is 1. The molecule has 0 aliphatic heterocycles. The van der Waals surface area contributed by atoms with Crippen LogP contribution in [-0.2, 0) is 35.9 Å². The van der Waals surface area contributed by atoms with Crippen molar-refractivity contribution in [3.8, 4) is 23.0 Å². The van der Waals surface area contributed by atoms with Gasteiger partial charge in [0.1, 0.15) is 66.7 Å². The number of esters is 2. The highest BCUT2D eigenvalue weighted by Crippen LogP contribution is 2.46. The first-order valence-electron chi connectivity index (χ1n) is 19.9. The quantitative estimate of drug-likeness (QED) is 0.0956. The Kier molecular flexibility index (Phi) is 13.9. The maximum Gasteiger partial charge on any atom is 0.338 e. The van der Waals surface area contributed by atoms with Crippen molar-refractivity contribution in [2.24, 2.45) is 0 Å². The summed E-state index contributed by atoms with van der Waals surface area (Å²) < 4.78 is 37.7. The van der Waals surface area contributed by atoms with E-state index in [2.05, 4.69) is 0 Å². The number of ether oxygens (including phenoxy) is 6. The van der Waals surface area contributed by atoms with Gasteiger partial charge in [0.05, 0.1) is 22.3 Å². The molecule has 0 aliphatic carbocycles. The Labute approximate surface area is 352 Å². The Morgan fingerprint density at radius 1 is 0.433 bits per heavy atom. The van der Waals surface area contributed by atoms with Crippen molar-refractivity contribution in [1.82, 2.24) is 0 Å². The van der Waals surface area contributed by atoms with Gasteiger partial charge in [0.25, 0.3) is 0 Å². The number of hydrogen-bond acceptors (Lipinski definition) is 9. The second kappa shape index (κ2) is 19.4. The first-order chi connectivity index (χ1) is 28.7. The molecule has 0 spiro atoms. The summed E-state index contributed by atoms with van der Waals surface area (Å²) in [5.41, 5.74) is 2.55. The summed E-state index contributed by atoms with van der Waals surface area (Å²) >= 11 is 0. The fourth-order valence-electron chi connectivity index (χ4n) is 6.21. The Hall–Kier alpha value is -6.58. The number of carbonyl (C=O) groups excluding carboxylic acids is 2. The van der Waals surface area contributed by atoms with Gasteiger partial charge < -0.3 is 33.5 Å². The van der Waals surface area contributed by atoms with Crippen LogP contribution in [0, 0.1) is 0 Å². The molecule has 310 valence electrons. The molecule has 60 heavy (non-hydrogen) atoms. The lowest BCUT2D eigenvalue weighted by Gasteiger charge is -2.26. The minimum Gasteiger partial charge on any atom is -0.488 e. The smallest absolute Gasteiger partial charge is 0.338 e. The highest BCUT2D eigenvalue weighted by Gasteiger charge is 2.32. The summed E-state index contributed by atoms with van der Waals surface area (Å²) in [6.45, 7) is 11.1. The number of rotatable bonds is 16. The molecule has 0 fully saturated rings. The van der Waals surface area contributed by atoms with Crippen LogP contribution in [-0.4, -0.2) is 28.2 Å².